The fraction of sp³-hybridized carbons (Fsp3) is 0.319. The summed E-state index contributed by atoms with van der Waals surface area (Å²) < 4.78 is 11.3. The first-order valence-corrected chi connectivity index (χ1v) is 18.5. The third-order valence-electron chi connectivity index (χ3n) is 10.2. The zero-order chi connectivity index (χ0) is 37.3. The Bertz CT molecular complexity index is 2460. The van der Waals surface area contributed by atoms with Gasteiger partial charge in [0.15, 0.2) is 0 Å². The van der Waals surface area contributed by atoms with Crippen molar-refractivity contribution in [1.82, 2.24) is 19.3 Å². The van der Waals surface area contributed by atoms with E-state index in [1.165, 1.54) is 55.4 Å². The van der Waals surface area contributed by atoms with Crippen LogP contribution in [0.15, 0.2) is 91.1 Å². The predicted molar refractivity (Wildman–Crippen MR) is 218 cm³/mol. The van der Waals surface area contributed by atoms with Crippen LogP contribution in [-0.4, -0.2) is 19.3 Å². The molecule has 0 N–H and O–H groups in total. The first-order chi connectivity index (χ1) is 24.5. The molecule has 3 aromatic heterocycles. The van der Waals surface area contributed by atoms with Crippen molar-refractivity contribution in [2.45, 2.75) is 99.8 Å². The van der Waals surface area contributed by atoms with Crippen molar-refractivity contribution in [2.75, 3.05) is 0 Å². The van der Waals surface area contributed by atoms with Crippen molar-refractivity contribution in [3.63, 3.8) is 0 Å². The summed E-state index contributed by atoms with van der Waals surface area (Å²) in [5.41, 5.74) is 14.0. The minimum Gasteiger partial charge on any atom is -0.457 e. The van der Waals surface area contributed by atoms with Crippen LogP contribution in [0.1, 0.15) is 101 Å². The van der Waals surface area contributed by atoms with Gasteiger partial charge in [0.2, 0.25) is 0 Å². The molecule has 0 aliphatic carbocycles. The van der Waals surface area contributed by atoms with E-state index in [9.17, 15) is 0 Å². The van der Waals surface area contributed by atoms with Crippen LogP contribution in [0.2, 0.25) is 0 Å². The average Bonchev–Trinajstić information content (AvgIpc) is 3.58. The molecule has 5 heteroatoms. The third kappa shape index (κ3) is 6.31. The number of ether oxygens (including phenoxy) is 1. The number of rotatable bonds is 6. The Kier molecular flexibility index (Phi) is 8.68. The van der Waals surface area contributed by atoms with Gasteiger partial charge in [-0.3, -0.25) is 4.57 Å². The van der Waals surface area contributed by atoms with Gasteiger partial charge in [0, 0.05) is 40.1 Å². The van der Waals surface area contributed by atoms with Crippen LogP contribution in [0.4, 0.5) is 0 Å². The molecule has 3 heterocycles. The SMILES string of the molecule is Cc1cc(C)c(-c2c(C)nn(-c3cc(Oc4ccc5c6ccccc6n(-c6cc(C(C)(C)C)ccn6)c5c4)cc(C(C)C)c3)c2C(C)(C)C)c(C)c1. The van der Waals surface area contributed by atoms with Crippen LogP contribution in [-0.2, 0) is 10.8 Å². The molecule has 4 aromatic carbocycles. The van der Waals surface area contributed by atoms with Gasteiger partial charge in [-0.15, -0.1) is 0 Å². The van der Waals surface area contributed by atoms with E-state index in [2.05, 4.69) is 177 Å². The number of hydrogen-bond acceptors (Lipinski definition) is 3. The molecular weight excluding hydrogens is 637 g/mol. The fourth-order valence-electron chi connectivity index (χ4n) is 7.80. The monoisotopic (exact) mass is 688 g/mol. The first kappa shape index (κ1) is 35.3. The minimum atomic E-state index is -0.175. The Morgan fingerprint density at radius 1 is 0.654 bits per heavy atom. The van der Waals surface area contributed by atoms with E-state index in [4.69, 9.17) is 14.8 Å². The maximum absolute atomic E-state index is 6.83. The highest BCUT2D eigenvalue weighted by molar-refractivity contribution is 6.09. The molecule has 52 heavy (non-hydrogen) atoms. The molecule has 0 amide bonds. The molecule has 7 rings (SSSR count). The number of hydrogen-bond donors (Lipinski definition) is 0. The van der Waals surface area contributed by atoms with Crippen molar-refractivity contribution in [3.8, 4) is 34.1 Å². The Morgan fingerprint density at radius 2 is 1.35 bits per heavy atom. The summed E-state index contributed by atoms with van der Waals surface area (Å²) in [5, 5.41) is 7.62. The van der Waals surface area contributed by atoms with Gasteiger partial charge in [-0.25, -0.2) is 9.67 Å². The molecule has 0 atom stereocenters. The van der Waals surface area contributed by atoms with Crippen molar-refractivity contribution in [2.24, 2.45) is 0 Å². The highest BCUT2D eigenvalue weighted by Crippen LogP contribution is 2.42. The van der Waals surface area contributed by atoms with Crippen molar-refractivity contribution in [3.05, 3.63) is 130 Å². The number of pyridine rings is 1. The maximum atomic E-state index is 6.83. The lowest BCUT2D eigenvalue weighted by molar-refractivity contribution is 0.480. The normalized spacial score (nSPS) is 12.4. The summed E-state index contributed by atoms with van der Waals surface area (Å²) in [5.74, 6) is 2.76. The van der Waals surface area contributed by atoms with Crippen molar-refractivity contribution < 1.29 is 4.74 Å². The van der Waals surface area contributed by atoms with Crippen molar-refractivity contribution in [1.29, 1.82) is 0 Å². The highest BCUT2D eigenvalue weighted by Gasteiger charge is 2.30. The summed E-state index contributed by atoms with van der Waals surface area (Å²) in [6.07, 6.45) is 1.92. The van der Waals surface area contributed by atoms with Gasteiger partial charge >= 0.3 is 0 Å². The molecule has 0 fully saturated rings. The number of aryl methyl sites for hydroxylation is 4. The number of para-hydroxylation sites is 1. The van der Waals surface area contributed by atoms with Crippen LogP contribution in [0.5, 0.6) is 11.5 Å². The number of fused-ring (bicyclic) bond motifs is 3. The van der Waals surface area contributed by atoms with Gasteiger partial charge in [-0.2, -0.15) is 5.10 Å². The van der Waals surface area contributed by atoms with Gasteiger partial charge in [0.05, 0.1) is 28.1 Å². The zero-order valence-corrected chi connectivity index (χ0v) is 32.9. The zero-order valence-electron chi connectivity index (χ0n) is 32.9. The van der Waals surface area contributed by atoms with Crippen LogP contribution in [0.25, 0.3) is 44.4 Å². The van der Waals surface area contributed by atoms with E-state index >= 15 is 0 Å². The Labute approximate surface area is 309 Å². The van der Waals surface area contributed by atoms with Crippen molar-refractivity contribution >= 4 is 21.8 Å². The van der Waals surface area contributed by atoms with Crippen LogP contribution >= 0.6 is 0 Å². The second kappa shape index (κ2) is 12.8. The molecule has 0 saturated carbocycles. The molecule has 266 valence electrons. The Morgan fingerprint density at radius 3 is 2.02 bits per heavy atom. The Balaban J connectivity index is 1.38. The second-order valence-electron chi connectivity index (χ2n) is 16.9. The summed E-state index contributed by atoms with van der Waals surface area (Å²) in [4.78, 5) is 4.87. The fourth-order valence-corrected chi connectivity index (χ4v) is 7.80. The number of benzene rings is 4. The van der Waals surface area contributed by atoms with Gasteiger partial charge < -0.3 is 4.74 Å². The average molecular weight is 689 g/mol. The molecule has 0 unspecified atom stereocenters. The van der Waals surface area contributed by atoms with E-state index in [1.54, 1.807) is 0 Å². The molecule has 0 saturated heterocycles. The van der Waals surface area contributed by atoms with Crippen LogP contribution in [0, 0.1) is 27.7 Å². The molecule has 5 nitrogen and oxygen atoms in total. The Hall–Kier alpha value is -5.16. The quantitative estimate of drug-likeness (QED) is 0.175. The number of aromatic nitrogens is 4. The largest absolute Gasteiger partial charge is 0.457 e. The van der Waals surface area contributed by atoms with Gasteiger partial charge in [0.25, 0.3) is 0 Å². The molecule has 0 radical (unpaired) electrons. The van der Waals surface area contributed by atoms with E-state index in [0.29, 0.717) is 5.92 Å². The summed E-state index contributed by atoms with van der Waals surface area (Å²) in [7, 11) is 0. The lowest BCUT2D eigenvalue weighted by Crippen LogP contribution is -2.19. The lowest BCUT2D eigenvalue weighted by Gasteiger charge is -2.25. The smallest absolute Gasteiger partial charge is 0.137 e. The lowest BCUT2D eigenvalue weighted by atomic mass is 9.83. The molecule has 0 bridgehead atoms. The van der Waals surface area contributed by atoms with E-state index in [0.717, 1.165) is 39.7 Å². The highest BCUT2D eigenvalue weighted by atomic mass is 16.5. The van der Waals surface area contributed by atoms with Gasteiger partial charge in [-0.05, 0) is 109 Å². The molecule has 7 aromatic rings. The molecular formula is C47H52N4O. The number of nitrogens with zero attached hydrogens (tertiary/aromatic N) is 4. The van der Waals surface area contributed by atoms with Crippen LogP contribution < -0.4 is 4.74 Å². The first-order valence-electron chi connectivity index (χ1n) is 18.5. The second-order valence-corrected chi connectivity index (χ2v) is 16.9. The minimum absolute atomic E-state index is 0.00237. The molecule has 0 spiro atoms. The van der Waals surface area contributed by atoms with Crippen LogP contribution in [0.3, 0.4) is 0 Å². The summed E-state index contributed by atoms with van der Waals surface area (Å²) in [6, 6.07) is 30.4. The molecule has 0 aliphatic heterocycles. The van der Waals surface area contributed by atoms with E-state index < -0.39 is 0 Å². The summed E-state index contributed by atoms with van der Waals surface area (Å²) in [6.45, 7) is 26.8. The predicted octanol–water partition coefficient (Wildman–Crippen LogP) is 12.8. The van der Waals surface area contributed by atoms with Gasteiger partial charge in [-0.1, -0.05) is 91.3 Å². The van der Waals surface area contributed by atoms with E-state index in [1.807, 2.05) is 6.20 Å². The third-order valence-corrected chi connectivity index (χ3v) is 10.2. The van der Waals surface area contributed by atoms with E-state index in [-0.39, 0.29) is 10.8 Å². The maximum Gasteiger partial charge on any atom is 0.137 e. The van der Waals surface area contributed by atoms with Gasteiger partial charge in [0.1, 0.15) is 17.3 Å². The standard InChI is InChI=1S/C47H52N4O/c1-28(2)33-23-35(51-45(47(10,11)12)44(32(6)49-51)43-30(4)21-29(3)22-31(43)5)26-37(24-33)52-36-17-18-39-38-15-13-14-16-40(38)50(41(39)27-36)42-25-34(19-20-48-42)46(7,8)9/h13-28H,1-12H3. The topological polar surface area (TPSA) is 44.9 Å². The molecule has 0 aliphatic rings. The summed E-state index contributed by atoms with van der Waals surface area (Å²) >= 11 is 0.